The molecule has 1 N–H and O–H groups in total. The summed E-state index contributed by atoms with van der Waals surface area (Å²) in [5, 5.41) is 8.31. The van der Waals surface area contributed by atoms with E-state index in [1.165, 1.54) is 11.8 Å². The van der Waals surface area contributed by atoms with Gasteiger partial charge in [0.1, 0.15) is 0 Å². The van der Waals surface area contributed by atoms with E-state index < -0.39 is 0 Å². The molecule has 1 amide bonds. The van der Waals surface area contributed by atoms with Gasteiger partial charge < -0.3 is 5.32 Å². The van der Waals surface area contributed by atoms with Crippen molar-refractivity contribution in [2.75, 3.05) is 5.32 Å². The Bertz CT molecular complexity index is 1020. The van der Waals surface area contributed by atoms with Crippen molar-refractivity contribution in [3.8, 4) is 0 Å². The lowest BCUT2D eigenvalue weighted by Gasteiger charge is -2.09. The number of rotatable bonds is 7. The molecular formula is C23H29N5OS. The topological polar surface area (TPSA) is 72.7 Å². The van der Waals surface area contributed by atoms with Crippen LogP contribution in [-0.2, 0) is 17.8 Å². The second-order valence-electron chi connectivity index (χ2n) is 8.01. The molecule has 0 fully saturated rings. The third-order valence-electron chi connectivity index (χ3n) is 4.72. The van der Waals surface area contributed by atoms with Crippen LogP contribution in [0.25, 0.3) is 0 Å². The SMILES string of the molecule is Cc1cc(C)nc(Sc2ccc(NC(=O)Cc3c(C)nn(CC(C)C)c3C)cc2)n1. The Morgan fingerprint density at radius 2 is 1.70 bits per heavy atom. The van der Waals surface area contributed by atoms with E-state index in [2.05, 4.69) is 34.2 Å². The predicted octanol–water partition coefficient (Wildman–Crippen LogP) is 4.90. The van der Waals surface area contributed by atoms with Gasteiger partial charge in [0.05, 0.1) is 12.1 Å². The molecule has 1 aromatic carbocycles. The van der Waals surface area contributed by atoms with Crippen LogP contribution in [0.2, 0.25) is 0 Å². The standard InChI is InChI=1S/C23H29N5OS/c1-14(2)13-28-18(6)21(17(5)27-28)12-22(29)26-19-7-9-20(10-8-19)30-23-24-15(3)11-16(4)25-23/h7-11,14H,12-13H2,1-6H3,(H,26,29). The fourth-order valence-electron chi connectivity index (χ4n) is 3.33. The Labute approximate surface area is 182 Å². The van der Waals surface area contributed by atoms with Crippen LogP contribution < -0.4 is 5.32 Å². The molecule has 0 spiro atoms. The maximum Gasteiger partial charge on any atom is 0.228 e. The second-order valence-corrected chi connectivity index (χ2v) is 9.05. The summed E-state index contributed by atoms with van der Waals surface area (Å²) >= 11 is 1.51. The van der Waals surface area contributed by atoms with Crippen molar-refractivity contribution in [3.63, 3.8) is 0 Å². The molecule has 3 aromatic rings. The van der Waals surface area contributed by atoms with E-state index in [4.69, 9.17) is 0 Å². The van der Waals surface area contributed by atoms with Gasteiger partial charge >= 0.3 is 0 Å². The average Bonchev–Trinajstić information content (AvgIpc) is 2.89. The van der Waals surface area contributed by atoms with Crippen LogP contribution in [0.15, 0.2) is 40.4 Å². The van der Waals surface area contributed by atoms with E-state index in [0.717, 1.165) is 50.6 Å². The lowest BCUT2D eigenvalue weighted by Crippen LogP contribution is -2.15. The van der Waals surface area contributed by atoms with Crippen LogP contribution in [0.4, 0.5) is 5.69 Å². The first-order valence-electron chi connectivity index (χ1n) is 10.1. The molecule has 158 valence electrons. The number of nitrogens with zero attached hydrogens (tertiary/aromatic N) is 4. The first-order chi connectivity index (χ1) is 14.2. The highest BCUT2D eigenvalue weighted by atomic mass is 32.2. The van der Waals surface area contributed by atoms with Crippen LogP contribution >= 0.6 is 11.8 Å². The van der Waals surface area contributed by atoms with Crippen LogP contribution in [-0.4, -0.2) is 25.7 Å². The molecule has 0 saturated heterocycles. The van der Waals surface area contributed by atoms with Crippen molar-refractivity contribution in [2.24, 2.45) is 5.92 Å². The van der Waals surface area contributed by atoms with Gasteiger partial charge in [-0.1, -0.05) is 13.8 Å². The zero-order chi connectivity index (χ0) is 21.8. The number of anilines is 1. The summed E-state index contributed by atoms with van der Waals surface area (Å²) < 4.78 is 2.00. The second kappa shape index (κ2) is 9.43. The van der Waals surface area contributed by atoms with Crippen molar-refractivity contribution >= 4 is 23.4 Å². The number of aromatic nitrogens is 4. The Morgan fingerprint density at radius 1 is 1.07 bits per heavy atom. The molecule has 0 aliphatic heterocycles. The summed E-state index contributed by atoms with van der Waals surface area (Å²) in [4.78, 5) is 22.5. The van der Waals surface area contributed by atoms with Crippen LogP contribution in [0.1, 0.15) is 42.2 Å². The third-order valence-corrected chi connectivity index (χ3v) is 5.59. The fourth-order valence-corrected chi connectivity index (χ4v) is 4.19. The molecule has 0 unspecified atom stereocenters. The Balaban J connectivity index is 1.63. The van der Waals surface area contributed by atoms with E-state index in [9.17, 15) is 4.79 Å². The van der Waals surface area contributed by atoms with Crippen LogP contribution in [0, 0.1) is 33.6 Å². The summed E-state index contributed by atoms with van der Waals surface area (Å²) in [6.07, 6.45) is 0.322. The van der Waals surface area contributed by atoms with E-state index in [1.54, 1.807) is 0 Å². The molecule has 0 saturated carbocycles. The van der Waals surface area contributed by atoms with E-state index in [0.29, 0.717) is 12.3 Å². The molecule has 3 rings (SSSR count). The lowest BCUT2D eigenvalue weighted by atomic mass is 10.1. The van der Waals surface area contributed by atoms with Gasteiger partial charge in [0.25, 0.3) is 0 Å². The maximum absolute atomic E-state index is 12.6. The van der Waals surface area contributed by atoms with Gasteiger partial charge in [0, 0.05) is 39.8 Å². The minimum absolute atomic E-state index is 0.0386. The molecule has 2 aromatic heterocycles. The molecule has 7 heteroatoms. The molecule has 0 bridgehead atoms. The number of carbonyl (C=O) groups excluding carboxylic acids is 1. The van der Waals surface area contributed by atoms with E-state index >= 15 is 0 Å². The molecule has 0 atom stereocenters. The summed E-state index contributed by atoms with van der Waals surface area (Å²) in [5.74, 6) is 0.471. The Kier molecular flexibility index (Phi) is 6.92. The monoisotopic (exact) mass is 423 g/mol. The molecule has 0 radical (unpaired) electrons. The van der Waals surface area contributed by atoms with Crippen LogP contribution in [0.3, 0.4) is 0 Å². The molecule has 0 aliphatic carbocycles. The first-order valence-corrected chi connectivity index (χ1v) is 11.0. The van der Waals surface area contributed by atoms with Gasteiger partial charge in [-0.05, 0) is 75.7 Å². The first kappa shape index (κ1) is 22.0. The number of benzene rings is 1. The normalized spacial score (nSPS) is 11.2. The van der Waals surface area contributed by atoms with Crippen molar-refractivity contribution in [3.05, 3.63) is 58.7 Å². The van der Waals surface area contributed by atoms with Gasteiger partial charge in [-0.15, -0.1) is 0 Å². The highest BCUT2D eigenvalue weighted by Crippen LogP contribution is 2.26. The maximum atomic E-state index is 12.6. The van der Waals surface area contributed by atoms with Crippen molar-refractivity contribution < 1.29 is 4.79 Å². The smallest absolute Gasteiger partial charge is 0.228 e. The summed E-state index contributed by atoms with van der Waals surface area (Å²) in [5.41, 5.74) is 5.68. The molecule has 2 heterocycles. The molecule has 30 heavy (non-hydrogen) atoms. The molecule has 6 nitrogen and oxygen atoms in total. The van der Waals surface area contributed by atoms with E-state index in [-0.39, 0.29) is 5.91 Å². The van der Waals surface area contributed by atoms with Crippen LogP contribution in [0.5, 0.6) is 0 Å². The number of carbonyl (C=O) groups is 1. The summed E-state index contributed by atoms with van der Waals surface area (Å²) in [6.45, 7) is 13.1. The highest BCUT2D eigenvalue weighted by molar-refractivity contribution is 7.99. The predicted molar refractivity (Wildman–Crippen MR) is 121 cm³/mol. The van der Waals surface area contributed by atoms with Gasteiger partial charge in [0.2, 0.25) is 5.91 Å². The van der Waals surface area contributed by atoms with Gasteiger partial charge in [-0.2, -0.15) is 5.10 Å². The number of aryl methyl sites for hydroxylation is 3. The minimum Gasteiger partial charge on any atom is -0.326 e. The summed E-state index contributed by atoms with van der Waals surface area (Å²) in [6, 6.07) is 9.71. The molecule has 0 aliphatic rings. The zero-order valence-corrected chi connectivity index (χ0v) is 19.3. The van der Waals surface area contributed by atoms with Gasteiger partial charge in [-0.3, -0.25) is 9.48 Å². The van der Waals surface area contributed by atoms with Crippen molar-refractivity contribution in [2.45, 2.75) is 64.6 Å². The lowest BCUT2D eigenvalue weighted by molar-refractivity contribution is -0.115. The number of hydrogen-bond acceptors (Lipinski definition) is 5. The van der Waals surface area contributed by atoms with E-state index in [1.807, 2.05) is 62.7 Å². The average molecular weight is 424 g/mol. The fraction of sp³-hybridized carbons (Fsp3) is 0.391. The minimum atomic E-state index is -0.0386. The summed E-state index contributed by atoms with van der Waals surface area (Å²) in [7, 11) is 0. The Morgan fingerprint density at radius 3 is 2.30 bits per heavy atom. The third kappa shape index (κ3) is 5.69. The van der Waals surface area contributed by atoms with Crippen molar-refractivity contribution in [1.82, 2.24) is 19.7 Å². The van der Waals surface area contributed by atoms with Gasteiger partial charge in [0.15, 0.2) is 5.16 Å². The quantitative estimate of drug-likeness (QED) is 0.548. The Hall–Kier alpha value is -2.67. The number of amides is 1. The van der Waals surface area contributed by atoms with Crippen molar-refractivity contribution in [1.29, 1.82) is 0 Å². The molecular weight excluding hydrogens is 394 g/mol. The highest BCUT2D eigenvalue weighted by Gasteiger charge is 2.16. The number of nitrogens with one attached hydrogen (secondary N) is 1. The zero-order valence-electron chi connectivity index (χ0n) is 18.5. The van der Waals surface area contributed by atoms with Gasteiger partial charge in [-0.25, -0.2) is 9.97 Å². The largest absolute Gasteiger partial charge is 0.326 e. The number of hydrogen-bond donors (Lipinski definition) is 1.